The molecule has 1 aromatic carbocycles. The zero-order chi connectivity index (χ0) is 24.5. The number of urea groups is 1. The van der Waals surface area contributed by atoms with Crippen molar-refractivity contribution in [2.45, 2.75) is 46.1 Å². The number of benzene rings is 1. The molecule has 2 heterocycles. The van der Waals surface area contributed by atoms with E-state index >= 15 is 0 Å². The van der Waals surface area contributed by atoms with Gasteiger partial charge < -0.3 is 24.6 Å². The van der Waals surface area contributed by atoms with Gasteiger partial charge in [0.1, 0.15) is 13.2 Å². The lowest BCUT2D eigenvalue weighted by molar-refractivity contribution is -0.135. The third-order valence-corrected chi connectivity index (χ3v) is 7.25. The van der Waals surface area contributed by atoms with E-state index in [1.54, 1.807) is 23.3 Å². The van der Waals surface area contributed by atoms with Gasteiger partial charge in [-0.3, -0.25) is 4.79 Å². The van der Waals surface area contributed by atoms with Gasteiger partial charge in [-0.05, 0) is 47.9 Å². The number of nitrogens with one attached hydrogen (secondary N) is 1. The summed E-state index contributed by atoms with van der Waals surface area (Å²) in [6, 6.07) is 9.22. The number of methoxy groups -OCH3 is 1. The summed E-state index contributed by atoms with van der Waals surface area (Å²) in [6.07, 6.45) is 2.62. The highest BCUT2D eigenvalue weighted by atomic mass is 32.1. The maximum absolute atomic E-state index is 13.6. The van der Waals surface area contributed by atoms with E-state index < -0.39 is 0 Å². The maximum Gasteiger partial charge on any atom is 0.317 e. The Morgan fingerprint density at radius 2 is 2.00 bits per heavy atom. The minimum Gasteiger partial charge on any atom is -0.493 e. The standard InChI is InChI=1S/C26H37N3O4S/c1-5-13-27-26(31)28(16-19(3)6-2)17-25(30)29-14-11-24-20(12-15-34-24)21(29)18-33-23-10-8-7-9-22(23)32-4/h7-10,12,15,19,21H,5-6,11,13-14,16-18H2,1-4H3,(H,27,31)/t19-,21-/m1/s1. The number of para-hydroxylation sites is 2. The molecule has 0 saturated heterocycles. The van der Waals surface area contributed by atoms with E-state index in [9.17, 15) is 9.59 Å². The van der Waals surface area contributed by atoms with Crippen LogP contribution in [0.2, 0.25) is 0 Å². The smallest absolute Gasteiger partial charge is 0.317 e. The van der Waals surface area contributed by atoms with Crippen molar-refractivity contribution in [3.8, 4) is 11.5 Å². The molecule has 2 aromatic rings. The quantitative estimate of drug-likeness (QED) is 0.497. The molecule has 3 rings (SSSR count). The van der Waals surface area contributed by atoms with Crippen molar-refractivity contribution in [1.82, 2.24) is 15.1 Å². The van der Waals surface area contributed by atoms with Crippen LogP contribution in [-0.4, -0.2) is 61.6 Å². The molecule has 0 fully saturated rings. The summed E-state index contributed by atoms with van der Waals surface area (Å²) >= 11 is 1.72. The number of carbonyl (C=O) groups is 2. The fourth-order valence-electron chi connectivity index (χ4n) is 4.10. The van der Waals surface area contributed by atoms with Gasteiger partial charge in [-0.25, -0.2) is 4.79 Å². The molecule has 2 atom stereocenters. The van der Waals surface area contributed by atoms with Crippen molar-refractivity contribution in [3.63, 3.8) is 0 Å². The monoisotopic (exact) mass is 487 g/mol. The molecule has 186 valence electrons. The van der Waals surface area contributed by atoms with Crippen LogP contribution in [0.3, 0.4) is 0 Å². The Balaban J connectivity index is 1.77. The summed E-state index contributed by atoms with van der Waals surface area (Å²) in [5, 5.41) is 5.00. The summed E-state index contributed by atoms with van der Waals surface area (Å²) in [5.74, 6) is 1.57. The molecule has 1 aliphatic rings. The molecular formula is C26H37N3O4S. The van der Waals surface area contributed by atoms with Crippen molar-refractivity contribution >= 4 is 23.3 Å². The summed E-state index contributed by atoms with van der Waals surface area (Å²) < 4.78 is 11.6. The van der Waals surface area contributed by atoms with Crippen LogP contribution < -0.4 is 14.8 Å². The molecule has 0 unspecified atom stereocenters. The van der Waals surface area contributed by atoms with Crippen LogP contribution in [-0.2, 0) is 11.2 Å². The third kappa shape index (κ3) is 6.44. The first-order valence-corrected chi connectivity index (χ1v) is 13.0. The van der Waals surface area contributed by atoms with E-state index in [0.29, 0.717) is 43.7 Å². The predicted molar refractivity (Wildman–Crippen MR) is 136 cm³/mol. The highest BCUT2D eigenvalue weighted by Gasteiger charge is 2.33. The minimum absolute atomic E-state index is 0.0552. The first-order chi connectivity index (χ1) is 16.5. The summed E-state index contributed by atoms with van der Waals surface area (Å²) in [6.45, 7) is 8.37. The number of rotatable bonds is 11. The van der Waals surface area contributed by atoms with Crippen LogP contribution in [0.25, 0.3) is 0 Å². The second kappa shape index (κ2) is 12.6. The SMILES string of the molecule is CCCNC(=O)N(CC(=O)N1CCc2sccc2[C@H]1COc1ccccc1OC)C[C@H](C)CC. The van der Waals surface area contributed by atoms with Gasteiger partial charge in [0, 0.05) is 24.5 Å². The molecule has 0 spiro atoms. The zero-order valence-corrected chi connectivity index (χ0v) is 21.5. The lowest BCUT2D eigenvalue weighted by Crippen LogP contribution is -2.50. The molecule has 7 nitrogen and oxygen atoms in total. The van der Waals surface area contributed by atoms with Crippen LogP contribution in [0.1, 0.15) is 50.1 Å². The maximum atomic E-state index is 13.6. The number of thiophene rings is 1. The Morgan fingerprint density at radius 3 is 2.71 bits per heavy atom. The number of hydrogen-bond donors (Lipinski definition) is 1. The molecular weight excluding hydrogens is 450 g/mol. The average molecular weight is 488 g/mol. The highest BCUT2D eigenvalue weighted by Crippen LogP contribution is 2.35. The van der Waals surface area contributed by atoms with Gasteiger partial charge in [-0.1, -0.05) is 39.3 Å². The van der Waals surface area contributed by atoms with E-state index in [0.717, 1.165) is 24.8 Å². The van der Waals surface area contributed by atoms with E-state index in [-0.39, 0.29) is 24.5 Å². The lowest BCUT2D eigenvalue weighted by Gasteiger charge is -2.37. The van der Waals surface area contributed by atoms with Crippen LogP contribution in [0.15, 0.2) is 35.7 Å². The van der Waals surface area contributed by atoms with Gasteiger partial charge in [-0.15, -0.1) is 11.3 Å². The molecule has 1 aromatic heterocycles. The van der Waals surface area contributed by atoms with Gasteiger partial charge in [0.15, 0.2) is 11.5 Å². The van der Waals surface area contributed by atoms with E-state index in [1.807, 2.05) is 36.1 Å². The van der Waals surface area contributed by atoms with Crippen molar-refractivity contribution in [1.29, 1.82) is 0 Å². The van der Waals surface area contributed by atoms with Crippen molar-refractivity contribution in [2.75, 3.05) is 39.9 Å². The largest absolute Gasteiger partial charge is 0.493 e. The normalized spacial score (nSPS) is 15.9. The fourth-order valence-corrected chi connectivity index (χ4v) is 5.03. The first-order valence-electron chi connectivity index (χ1n) is 12.1. The molecule has 1 aliphatic heterocycles. The molecule has 3 amide bonds. The molecule has 0 radical (unpaired) electrons. The first kappa shape index (κ1) is 25.9. The van der Waals surface area contributed by atoms with Gasteiger partial charge in [0.25, 0.3) is 0 Å². The Kier molecular flexibility index (Phi) is 9.62. The average Bonchev–Trinajstić information content (AvgIpc) is 3.34. The van der Waals surface area contributed by atoms with Crippen LogP contribution >= 0.6 is 11.3 Å². The van der Waals surface area contributed by atoms with Gasteiger partial charge in [0.05, 0.1) is 13.2 Å². The summed E-state index contributed by atoms with van der Waals surface area (Å²) in [7, 11) is 1.62. The van der Waals surface area contributed by atoms with E-state index in [1.165, 1.54) is 4.88 Å². The number of carbonyl (C=O) groups excluding carboxylic acids is 2. The predicted octanol–water partition coefficient (Wildman–Crippen LogP) is 4.73. The summed E-state index contributed by atoms with van der Waals surface area (Å²) in [4.78, 5) is 31.2. The molecule has 0 saturated carbocycles. The van der Waals surface area contributed by atoms with Crippen molar-refractivity contribution < 1.29 is 19.1 Å². The van der Waals surface area contributed by atoms with E-state index in [4.69, 9.17) is 9.47 Å². The van der Waals surface area contributed by atoms with Crippen LogP contribution in [0.5, 0.6) is 11.5 Å². The second-order valence-electron chi connectivity index (χ2n) is 8.74. The van der Waals surface area contributed by atoms with E-state index in [2.05, 4.69) is 30.6 Å². The van der Waals surface area contributed by atoms with Gasteiger partial charge in [-0.2, -0.15) is 0 Å². The minimum atomic E-state index is -0.212. The Hall–Kier alpha value is -2.74. The molecule has 0 aliphatic carbocycles. The topological polar surface area (TPSA) is 71.1 Å². The van der Waals surface area contributed by atoms with Crippen LogP contribution in [0, 0.1) is 5.92 Å². The molecule has 0 bridgehead atoms. The Labute approximate surface area is 207 Å². The van der Waals surface area contributed by atoms with Gasteiger partial charge >= 0.3 is 6.03 Å². The number of fused-ring (bicyclic) bond motifs is 1. The second-order valence-corrected chi connectivity index (χ2v) is 9.74. The van der Waals surface area contributed by atoms with Gasteiger partial charge in [0.2, 0.25) is 5.91 Å². The van der Waals surface area contributed by atoms with Crippen molar-refractivity contribution in [2.24, 2.45) is 5.92 Å². The van der Waals surface area contributed by atoms with Crippen LogP contribution in [0.4, 0.5) is 4.79 Å². The molecule has 8 heteroatoms. The Morgan fingerprint density at radius 1 is 1.24 bits per heavy atom. The number of nitrogens with zero attached hydrogens (tertiary/aromatic N) is 2. The highest BCUT2D eigenvalue weighted by molar-refractivity contribution is 7.10. The summed E-state index contributed by atoms with van der Waals surface area (Å²) in [5.41, 5.74) is 1.13. The molecule has 1 N–H and O–H groups in total. The lowest BCUT2D eigenvalue weighted by atomic mass is 10.00. The number of hydrogen-bond acceptors (Lipinski definition) is 5. The molecule has 34 heavy (non-hydrogen) atoms. The number of amides is 3. The van der Waals surface area contributed by atoms with Crippen molar-refractivity contribution in [3.05, 3.63) is 46.2 Å². The number of ether oxygens (including phenoxy) is 2. The fraction of sp³-hybridized carbons (Fsp3) is 0.538. The third-order valence-electron chi connectivity index (χ3n) is 6.25. The zero-order valence-electron chi connectivity index (χ0n) is 20.7. The Bertz CT molecular complexity index is 948.